The summed E-state index contributed by atoms with van der Waals surface area (Å²) < 4.78 is 1.69. The molecule has 0 aliphatic carbocycles. The van der Waals surface area contributed by atoms with Gasteiger partial charge in [0.1, 0.15) is 0 Å². The predicted molar refractivity (Wildman–Crippen MR) is 105 cm³/mol. The lowest BCUT2D eigenvalue weighted by Gasteiger charge is -2.07. The van der Waals surface area contributed by atoms with Crippen molar-refractivity contribution in [2.24, 2.45) is 0 Å². The Morgan fingerprint density at radius 2 is 1.92 bits per heavy atom. The fourth-order valence-corrected chi connectivity index (χ4v) is 2.91. The largest absolute Gasteiger partial charge is 0.352 e. The number of hydrogen-bond acceptors (Lipinski definition) is 2. The minimum Gasteiger partial charge on any atom is -0.352 e. The lowest BCUT2D eigenvalue weighted by Crippen LogP contribution is -2.27. The maximum Gasteiger partial charge on any atom is 0.326 e. The second-order valence-corrected chi connectivity index (χ2v) is 6.52. The molecule has 0 bridgehead atoms. The predicted octanol–water partition coefficient (Wildman–Crippen LogP) is 3.59. The Bertz CT molecular complexity index is 1000. The van der Waals surface area contributed by atoms with Crippen molar-refractivity contribution in [1.29, 1.82) is 0 Å². The smallest absolute Gasteiger partial charge is 0.326 e. The van der Waals surface area contributed by atoms with Gasteiger partial charge < -0.3 is 10.3 Å². The van der Waals surface area contributed by atoms with Crippen LogP contribution in [-0.2, 0) is 11.3 Å². The van der Waals surface area contributed by atoms with E-state index in [2.05, 4.69) is 10.3 Å². The number of hydrogen-bond donors (Lipinski definition) is 2. The molecule has 0 radical (unpaired) electrons. The Kier molecular flexibility index (Phi) is 5.58. The molecule has 0 saturated carbocycles. The van der Waals surface area contributed by atoms with E-state index in [4.69, 9.17) is 11.6 Å². The maximum absolute atomic E-state index is 12.2. The van der Waals surface area contributed by atoms with Crippen LogP contribution in [0, 0.1) is 0 Å². The lowest BCUT2D eigenvalue weighted by atomic mass is 10.1. The molecule has 0 aliphatic heterocycles. The number of aromatic amines is 1. The molecule has 6 heteroatoms. The summed E-state index contributed by atoms with van der Waals surface area (Å²) in [7, 11) is 0. The molecule has 3 rings (SSSR count). The third kappa shape index (κ3) is 4.24. The topological polar surface area (TPSA) is 66.9 Å². The number of carbonyl (C=O) groups excluding carboxylic acids is 1. The summed E-state index contributed by atoms with van der Waals surface area (Å²) in [6, 6.07) is 14.9. The highest BCUT2D eigenvalue weighted by molar-refractivity contribution is 6.30. The number of fused-ring (bicyclic) bond motifs is 1. The van der Waals surface area contributed by atoms with Gasteiger partial charge in [0.15, 0.2) is 0 Å². The van der Waals surface area contributed by atoms with Gasteiger partial charge in [0.2, 0.25) is 5.91 Å². The minimum absolute atomic E-state index is 0.119. The molecule has 0 spiro atoms. The van der Waals surface area contributed by atoms with Crippen LogP contribution >= 0.6 is 11.6 Å². The van der Waals surface area contributed by atoms with Gasteiger partial charge in [0.25, 0.3) is 0 Å². The van der Waals surface area contributed by atoms with Gasteiger partial charge in [0, 0.05) is 23.7 Å². The van der Waals surface area contributed by atoms with Crippen molar-refractivity contribution in [3.63, 3.8) is 0 Å². The Labute approximate surface area is 156 Å². The molecular formula is C20H20ClN3O2. The Morgan fingerprint density at radius 3 is 2.69 bits per heavy atom. The number of benzene rings is 2. The lowest BCUT2D eigenvalue weighted by molar-refractivity contribution is -0.117. The fourth-order valence-electron chi connectivity index (χ4n) is 2.78. The van der Waals surface area contributed by atoms with E-state index >= 15 is 0 Å². The number of H-pyrrole nitrogens is 1. The van der Waals surface area contributed by atoms with Crippen LogP contribution in [0.15, 0.2) is 58.9 Å². The summed E-state index contributed by atoms with van der Waals surface area (Å²) in [6.45, 7) is 2.81. The van der Waals surface area contributed by atoms with Gasteiger partial charge in [-0.25, -0.2) is 4.79 Å². The van der Waals surface area contributed by atoms with E-state index in [9.17, 15) is 9.59 Å². The summed E-state index contributed by atoms with van der Waals surface area (Å²) in [5, 5.41) is 3.55. The van der Waals surface area contributed by atoms with E-state index in [1.165, 1.54) is 0 Å². The second-order valence-electron chi connectivity index (χ2n) is 6.09. The van der Waals surface area contributed by atoms with Crippen molar-refractivity contribution < 1.29 is 4.79 Å². The zero-order valence-corrected chi connectivity index (χ0v) is 15.2. The maximum atomic E-state index is 12.2. The summed E-state index contributed by atoms with van der Waals surface area (Å²) in [5.74, 6) is -0.119. The Hall–Kier alpha value is -2.79. The molecule has 26 heavy (non-hydrogen) atoms. The van der Waals surface area contributed by atoms with Gasteiger partial charge in [0.05, 0.1) is 11.0 Å². The molecule has 134 valence electrons. The number of halogens is 1. The summed E-state index contributed by atoms with van der Waals surface area (Å²) in [6.07, 6.45) is 2.48. The molecule has 3 aromatic rings. The quantitative estimate of drug-likeness (QED) is 0.515. The van der Waals surface area contributed by atoms with Crippen LogP contribution in [0.1, 0.15) is 18.9 Å². The van der Waals surface area contributed by atoms with E-state index in [1.807, 2.05) is 42.5 Å². The first-order valence-electron chi connectivity index (χ1n) is 8.44. The van der Waals surface area contributed by atoms with E-state index in [-0.39, 0.29) is 11.6 Å². The number of nitrogens with one attached hydrogen (secondary N) is 2. The van der Waals surface area contributed by atoms with Crippen molar-refractivity contribution >= 4 is 34.6 Å². The van der Waals surface area contributed by atoms with Crippen LogP contribution in [0.5, 0.6) is 0 Å². The number of aromatic nitrogens is 2. The molecule has 0 unspecified atom stereocenters. The van der Waals surface area contributed by atoms with Gasteiger partial charge >= 0.3 is 5.69 Å². The molecule has 0 saturated heterocycles. The molecule has 0 aliphatic rings. The first-order chi connectivity index (χ1) is 12.5. The third-order valence-electron chi connectivity index (χ3n) is 4.14. The standard InChI is InChI=1S/C20H20ClN3O2/c1-14(13-15-7-9-16(21)10-8-15)19(25)22-11-4-12-24-18-6-3-2-5-17(18)23-20(24)26/h2-3,5-10,13H,4,11-12H2,1H3,(H,22,25)(H,23,26)/b14-13+. The zero-order chi connectivity index (χ0) is 18.5. The average Bonchev–Trinajstić information content (AvgIpc) is 2.95. The average molecular weight is 370 g/mol. The van der Waals surface area contributed by atoms with Crippen LogP contribution in [-0.4, -0.2) is 22.0 Å². The van der Waals surface area contributed by atoms with Crippen molar-refractivity contribution in [1.82, 2.24) is 14.9 Å². The molecule has 1 heterocycles. The Morgan fingerprint density at radius 1 is 1.19 bits per heavy atom. The highest BCUT2D eigenvalue weighted by Gasteiger charge is 2.07. The normalized spacial score (nSPS) is 11.7. The highest BCUT2D eigenvalue weighted by Crippen LogP contribution is 2.12. The number of nitrogens with zero attached hydrogens (tertiary/aromatic N) is 1. The molecule has 0 fully saturated rings. The van der Waals surface area contributed by atoms with Crippen molar-refractivity contribution in [2.45, 2.75) is 19.9 Å². The number of aryl methyl sites for hydroxylation is 1. The number of imidazole rings is 1. The summed E-state index contributed by atoms with van der Waals surface area (Å²) in [4.78, 5) is 27.0. The monoisotopic (exact) mass is 369 g/mol. The highest BCUT2D eigenvalue weighted by atomic mass is 35.5. The van der Waals surface area contributed by atoms with Crippen LogP contribution in [0.4, 0.5) is 0 Å². The van der Waals surface area contributed by atoms with Crippen LogP contribution < -0.4 is 11.0 Å². The number of para-hydroxylation sites is 2. The van der Waals surface area contributed by atoms with E-state index in [1.54, 1.807) is 23.6 Å². The van der Waals surface area contributed by atoms with Gasteiger partial charge in [-0.15, -0.1) is 0 Å². The molecular weight excluding hydrogens is 350 g/mol. The summed E-state index contributed by atoms with van der Waals surface area (Å²) in [5.41, 5.74) is 3.12. The number of amides is 1. The van der Waals surface area contributed by atoms with Gasteiger partial charge in [-0.05, 0) is 49.2 Å². The van der Waals surface area contributed by atoms with Gasteiger partial charge in [-0.2, -0.15) is 0 Å². The number of carbonyl (C=O) groups is 1. The van der Waals surface area contributed by atoms with E-state index in [0.29, 0.717) is 30.1 Å². The van der Waals surface area contributed by atoms with Crippen molar-refractivity contribution in [2.75, 3.05) is 6.54 Å². The van der Waals surface area contributed by atoms with Crippen molar-refractivity contribution in [3.05, 3.63) is 75.2 Å². The van der Waals surface area contributed by atoms with Crippen LogP contribution in [0.2, 0.25) is 5.02 Å². The van der Waals surface area contributed by atoms with E-state index in [0.717, 1.165) is 16.6 Å². The van der Waals surface area contributed by atoms with Crippen LogP contribution in [0.3, 0.4) is 0 Å². The van der Waals surface area contributed by atoms with Gasteiger partial charge in [-0.1, -0.05) is 35.9 Å². The van der Waals surface area contributed by atoms with E-state index < -0.39 is 0 Å². The Balaban J connectivity index is 1.54. The molecule has 1 aromatic heterocycles. The first kappa shape index (κ1) is 18.0. The molecule has 2 aromatic carbocycles. The van der Waals surface area contributed by atoms with Gasteiger partial charge in [-0.3, -0.25) is 9.36 Å². The SMILES string of the molecule is C/C(=C\c1ccc(Cl)cc1)C(=O)NCCCn1c(=O)[nH]c2ccccc21. The van der Waals surface area contributed by atoms with Crippen molar-refractivity contribution in [3.8, 4) is 0 Å². The number of rotatable bonds is 6. The first-order valence-corrected chi connectivity index (χ1v) is 8.82. The molecule has 1 amide bonds. The molecule has 0 atom stereocenters. The fraction of sp³-hybridized carbons (Fsp3) is 0.200. The molecule has 2 N–H and O–H groups in total. The summed E-state index contributed by atoms with van der Waals surface area (Å²) >= 11 is 5.86. The molecule has 5 nitrogen and oxygen atoms in total. The second kappa shape index (κ2) is 8.06. The third-order valence-corrected chi connectivity index (χ3v) is 4.39. The zero-order valence-electron chi connectivity index (χ0n) is 14.5. The minimum atomic E-state index is -0.128. The van der Waals surface area contributed by atoms with Crippen LogP contribution in [0.25, 0.3) is 17.1 Å².